The van der Waals surface area contributed by atoms with Crippen LogP contribution in [0.3, 0.4) is 0 Å². The van der Waals surface area contributed by atoms with Gasteiger partial charge in [0.1, 0.15) is 5.75 Å². The molecule has 0 spiro atoms. The summed E-state index contributed by atoms with van der Waals surface area (Å²) in [5.74, 6) is 6.27. The number of hydrazine groups is 1. The van der Waals surface area contributed by atoms with Gasteiger partial charge >= 0.3 is 0 Å². The maximum absolute atomic E-state index is 6.01. The Morgan fingerprint density at radius 1 is 1.50 bits per heavy atom. The molecule has 1 aromatic heterocycles. The molecule has 0 aliphatic heterocycles. The molecule has 96 valence electrons. The first kappa shape index (κ1) is 13.3. The third-order valence-corrected chi connectivity index (χ3v) is 3.89. The number of nitrogens with one attached hydrogen (secondary N) is 1. The van der Waals surface area contributed by atoms with Crippen LogP contribution in [0.4, 0.5) is 0 Å². The van der Waals surface area contributed by atoms with E-state index in [0.717, 1.165) is 15.4 Å². The van der Waals surface area contributed by atoms with Crippen LogP contribution in [0.2, 0.25) is 5.02 Å². The zero-order chi connectivity index (χ0) is 13.1. The fourth-order valence-electron chi connectivity index (χ4n) is 1.71. The summed E-state index contributed by atoms with van der Waals surface area (Å²) in [6.07, 6.45) is 1.83. The molecular weight excluding hydrogens is 270 g/mol. The molecular formula is C12H14ClN3OS. The van der Waals surface area contributed by atoms with Gasteiger partial charge in [-0.2, -0.15) is 0 Å². The second kappa shape index (κ2) is 5.67. The van der Waals surface area contributed by atoms with Crippen LogP contribution in [0.15, 0.2) is 24.4 Å². The number of thiazole rings is 1. The van der Waals surface area contributed by atoms with Crippen LogP contribution in [0, 0.1) is 6.92 Å². The third kappa shape index (κ3) is 2.64. The lowest BCUT2D eigenvalue weighted by molar-refractivity contribution is 0.414. The topological polar surface area (TPSA) is 60.2 Å². The largest absolute Gasteiger partial charge is 0.495 e. The molecule has 1 atom stereocenters. The van der Waals surface area contributed by atoms with Gasteiger partial charge in [-0.1, -0.05) is 17.7 Å². The van der Waals surface area contributed by atoms with Gasteiger partial charge in [-0.3, -0.25) is 5.84 Å². The van der Waals surface area contributed by atoms with E-state index in [1.54, 1.807) is 24.5 Å². The second-order valence-electron chi connectivity index (χ2n) is 3.78. The number of hydrogen-bond donors (Lipinski definition) is 2. The van der Waals surface area contributed by atoms with Gasteiger partial charge in [0.05, 0.1) is 23.2 Å². The number of hydrogen-bond acceptors (Lipinski definition) is 5. The fraction of sp³-hybridized carbons (Fsp3) is 0.250. The number of methoxy groups -OCH3 is 1. The fourth-order valence-corrected chi connectivity index (χ4v) is 2.78. The van der Waals surface area contributed by atoms with E-state index in [4.69, 9.17) is 22.2 Å². The van der Waals surface area contributed by atoms with Crippen LogP contribution in [-0.4, -0.2) is 12.1 Å². The molecule has 0 saturated carbocycles. The average Bonchev–Trinajstić information content (AvgIpc) is 2.79. The smallest absolute Gasteiger partial charge is 0.137 e. The molecule has 18 heavy (non-hydrogen) atoms. The summed E-state index contributed by atoms with van der Waals surface area (Å²) in [7, 11) is 1.59. The van der Waals surface area contributed by atoms with Gasteiger partial charge in [0.15, 0.2) is 0 Å². The molecule has 1 unspecified atom stereocenters. The van der Waals surface area contributed by atoms with Gasteiger partial charge in [0, 0.05) is 11.1 Å². The molecule has 0 radical (unpaired) electrons. The number of aryl methyl sites for hydroxylation is 1. The Balaban J connectivity index is 2.38. The summed E-state index contributed by atoms with van der Waals surface area (Å²) in [5.41, 5.74) is 3.78. The summed E-state index contributed by atoms with van der Waals surface area (Å²) < 4.78 is 5.21. The third-order valence-electron chi connectivity index (χ3n) is 2.60. The number of ether oxygens (including phenoxy) is 1. The van der Waals surface area contributed by atoms with Crippen molar-refractivity contribution >= 4 is 22.9 Å². The monoisotopic (exact) mass is 283 g/mol. The molecule has 4 nitrogen and oxygen atoms in total. The predicted molar refractivity (Wildman–Crippen MR) is 74.0 cm³/mol. The zero-order valence-corrected chi connectivity index (χ0v) is 11.7. The molecule has 0 amide bonds. The highest BCUT2D eigenvalue weighted by Crippen LogP contribution is 2.31. The average molecular weight is 284 g/mol. The van der Waals surface area contributed by atoms with Crippen LogP contribution in [0.5, 0.6) is 5.75 Å². The Morgan fingerprint density at radius 2 is 2.28 bits per heavy atom. The first-order chi connectivity index (χ1) is 8.65. The SMILES string of the molecule is COc1cc(C(NN)c2cnc(C)s2)ccc1Cl. The first-order valence-electron chi connectivity index (χ1n) is 5.37. The Hall–Kier alpha value is -1.14. The summed E-state index contributed by atoms with van der Waals surface area (Å²) >= 11 is 7.61. The van der Waals surface area contributed by atoms with Crippen molar-refractivity contribution < 1.29 is 4.74 Å². The Labute approximate surface area is 115 Å². The van der Waals surface area contributed by atoms with Crippen molar-refractivity contribution in [3.05, 3.63) is 44.9 Å². The Bertz CT molecular complexity index is 544. The van der Waals surface area contributed by atoms with E-state index in [1.807, 2.05) is 25.3 Å². The number of halogens is 1. The summed E-state index contributed by atoms with van der Waals surface area (Å²) in [4.78, 5) is 5.29. The summed E-state index contributed by atoms with van der Waals surface area (Å²) in [6, 6.07) is 5.49. The number of nitrogens with two attached hydrogens (primary N) is 1. The highest BCUT2D eigenvalue weighted by atomic mass is 35.5. The van der Waals surface area contributed by atoms with Crippen molar-refractivity contribution in [2.75, 3.05) is 7.11 Å². The molecule has 1 heterocycles. The van der Waals surface area contributed by atoms with Gasteiger partial charge in [-0.15, -0.1) is 11.3 Å². The van der Waals surface area contributed by atoms with E-state index in [2.05, 4.69) is 10.4 Å². The predicted octanol–water partition coefficient (Wildman–Crippen LogP) is 2.67. The second-order valence-corrected chi connectivity index (χ2v) is 5.45. The summed E-state index contributed by atoms with van der Waals surface area (Å²) in [6.45, 7) is 1.96. The van der Waals surface area contributed by atoms with E-state index in [0.29, 0.717) is 10.8 Å². The van der Waals surface area contributed by atoms with Gasteiger partial charge in [-0.25, -0.2) is 10.4 Å². The van der Waals surface area contributed by atoms with Crippen LogP contribution >= 0.6 is 22.9 Å². The lowest BCUT2D eigenvalue weighted by atomic mass is 10.1. The standard InChI is InChI=1S/C12H14ClN3OS/c1-7-15-6-11(18-7)12(16-14)8-3-4-9(13)10(5-8)17-2/h3-6,12,16H,14H2,1-2H3. The quantitative estimate of drug-likeness (QED) is 0.669. The normalized spacial score (nSPS) is 12.4. The Morgan fingerprint density at radius 3 is 2.83 bits per heavy atom. The minimum absolute atomic E-state index is 0.109. The van der Waals surface area contributed by atoms with E-state index in [-0.39, 0.29) is 6.04 Å². The molecule has 0 aliphatic rings. The maximum Gasteiger partial charge on any atom is 0.137 e. The maximum atomic E-state index is 6.01. The van der Waals surface area contributed by atoms with E-state index >= 15 is 0 Å². The lowest BCUT2D eigenvalue weighted by Crippen LogP contribution is -2.28. The van der Waals surface area contributed by atoms with Crippen LogP contribution < -0.4 is 16.0 Å². The van der Waals surface area contributed by atoms with E-state index < -0.39 is 0 Å². The molecule has 0 bridgehead atoms. The summed E-state index contributed by atoms with van der Waals surface area (Å²) in [5, 5.41) is 1.59. The number of aromatic nitrogens is 1. The van der Waals surface area contributed by atoms with E-state index in [9.17, 15) is 0 Å². The van der Waals surface area contributed by atoms with Gasteiger partial charge < -0.3 is 4.74 Å². The highest BCUT2D eigenvalue weighted by Gasteiger charge is 2.16. The van der Waals surface area contributed by atoms with Crippen LogP contribution in [0.1, 0.15) is 21.5 Å². The number of benzene rings is 1. The van der Waals surface area contributed by atoms with Crippen molar-refractivity contribution in [1.29, 1.82) is 0 Å². The molecule has 3 N–H and O–H groups in total. The van der Waals surface area contributed by atoms with Crippen molar-refractivity contribution in [3.8, 4) is 5.75 Å². The van der Waals surface area contributed by atoms with Gasteiger partial charge in [0.2, 0.25) is 0 Å². The highest BCUT2D eigenvalue weighted by molar-refractivity contribution is 7.11. The van der Waals surface area contributed by atoms with Crippen molar-refractivity contribution in [1.82, 2.24) is 10.4 Å². The van der Waals surface area contributed by atoms with Crippen LogP contribution in [-0.2, 0) is 0 Å². The number of rotatable bonds is 4. The first-order valence-corrected chi connectivity index (χ1v) is 6.57. The van der Waals surface area contributed by atoms with Crippen LogP contribution in [0.25, 0.3) is 0 Å². The molecule has 2 aromatic rings. The molecule has 0 saturated heterocycles. The molecule has 1 aromatic carbocycles. The lowest BCUT2D eigenvalue weighted by Gasteiger charge is -2.15. The molecule has 2 rings (SSSR count). The van der Waals surface area contributed by atoms with Crippen molar-refractivity contribution in [3.63, 3.8) is 0 Å². The zero-order valence-electron chi connectivity index (χ0n) is 10.1. The van der Waals surface area contributed by atoms with Crippen molar-refractivity contribution in [2.45, 2.75) is 13.0 Å². The van der Waals surface area contributed by atoms with Gasteiger partial charge in [0.25, 0.3) is 0 Å². The molecule has 0 aliphatic carbocycles. The minimum Gasteiger partial charge on any atom is -0.495 e. The minimum atomic E-state index is -0.109. The van der Waals surface area contributed by atoms with Crippen molar-refractivity contribution in [2.24, 2.45) is 5.84 Å². The molecule has 6 heteroatoms. The number of nitrogens with zero attached hydrogens (tertiary/aromatic N) is 1. The van der Waals surface area contributed by atoms with E-state index in [1.165, 1.54) is 0 Å². The molecule has 0 fully saturated rings. The van der Waals surface area contributed by atoms with Gasteiger partial charge in [-0.05, 0) is 24.6 Å². The Kier molecular flexibility index (Phi) is 4.19.